The number of rotatable bonds is 11. The molecule has 1 fully saturated rings. The Labute approximate surface area is 177 Å². The zero-order valence-corrected chi connectivity index (χ0v) is 17.2. The molecule has 0 radical (unpaired) electrons. The van der Waals surface area contributed by atoms with E-state index in [9.17, 15) is 33.9 Å². The van der Waals surface area contributed by atoms with Gasteiger partial charge in [-0.1, -0.05) is 13.8 Å². The second-order valence-corrected chi connectivity index (χ2v) is 7.62. The van der Waals surface area contributed by atoms with Gasteiger partial charge in [-0.3, -0.25) is 24.0 Å². The van der Waals surface area contributed by atoms with E-state index in [1.165, 1.54) is 0 Å². The third-order valence-electron chi connectivity index (χ3n) is 4.79. The van der Waals surface area contributed by atoms with Crippen LogP contribution in [0.1, 0.15) is 39.5 Å². The molecule has 174 valence electrons. The SMILES string of the molecule is CC(C)C(NC(=O)C(CC(=O)O)NC(=O)C1CCCN1C(=O)C(N)CC(=O)O)C(=O)O. The van der Waals surface area contributed by atoms with E-state index in [1.807, 2.05) is 0 Å². The lowest BCUT2D eigenvalue weighted by atomic mass is 10.0. The Morgan fingerprint density at radius 1 is 1.00 bits per heavy atom. The highest BCUT2D eigenvalue weighted by Crippen LogP contribution is 2.19. The fourth-order valence-electron chi connectivity index (χ4n) is 3.21. The van der Waals surface area contributed by atoms with Gasteiger partial charge in [0.05, 0.1) is 18.9 Å². The molecule has 31 heavy (non-hydrogen) atoms. The summed E-state index contributed by atoms with van der Waals surface area (Å²) in [6.45, 7) is 3.24. The van der Waals surface area contributed by atoms with Crippen molar-refractivity contribution in [3.8, 4) is 0 Å². The normalized spacial score (nSPS) is 18.7. The van der Waals surface area contributed by atoms with Crippen molar-refractivity contribution in [2.24, 2.45) is 11.7 Å². The average molecular weight is 444 g/mol. The highest BCUT2D eigenvalue weighted by atomic mass is 16.4. The molecule has 0 spiro atoms. The number of likely N-dealkylation sites (tertiary alicyclic amines) is 1. The van der Waals surface area contributed by atoms with E-state index in [2.05, 4.69) is 10.6 Å². The highest BCUT2D eigenvalue weighted by Gasteiger charge is 2.38. The molecular formula is C18H28N4O9. The van der Waals surface area contributed by atoms with E-state index >= 15 is 0 Å². The van der Waals surface area contributed by atoms with Crippen molar-refractivity contribution in [2.75, 3.05) is 6.54 Å². The number of hydrogen-bond acceptors (Lipinski definition) is 7. The van der Waals surface area contributed by atoms with Gasteiger partial charge in [-0.25, -0.2) is 4.79 Å². The molecule has 1 saturated heterocycles. The van der Waals surface area contributed by atoms with Crippen molar-refractivity contribution < 1.29 is 44.1 Å². The molecule has 1 aliphatic heterocycles. The number of carbonyl (C=O) groups excluding carboxylic acids is 3. The molecule has 13 nitrogen and oxygen atoms in total. The summed E-state index contributed by atoms with van der Waals surface area (Å²) in [6.07, 6.45) is -0.795. The lowest BCUT2D eigenvalue weighted by molar-refractivity contribution is -0.145. The third-order valence-corrected chi connectivity index (χ3v) is 4.79. The van der Waals surface area contributed by atoms with Crippen molar-refractivity contribution in [3.05, 3.63) is 0 Å². The van der Waals surface area contributed by atoms with Crippen LogP contribution in [0.15, 0.2) is 0 Å². The molecule has 0 saturated carbocycles. The number of carboxylic acid groups (broad SMARTS) is 3. The van der Waals surface area contributed by atoms with Crippen LogP contribution >= 0.6 is 0 Å². The smallest absolute Gasteiger partial charge is 0.326 e. The van der Waals surface area contributed by atoms with E-state index < -0.39 is 78.6 Å². The maximum atomic E-state index is 12.7. The third kappa shape index (κ3) is 7.51. The first kappa shape index (κ1) is 25.8. The second kappa shape index (κ2) is 11.2. The number of amides is 3. The molecule has 13 heteroatoms. The summed E-state index contributed by atoms with van der Waals surface area (Å²) < 4.78 is 0. The Morgan fingerprint density at radius 3 is 2.06 bits per heavy atom. The van der Waals surface area contributed by atoms with E-state index in [4.69, 9.17) is 15.9 Å². The summed E-state index contributed by atoms with van der Waals surface area (Å²) in [5, 5.41) is 31.5. The predicted molar refractivity (Wildman–Crippen MR) is 104 cm³/mol. The Morgan fingerprint density at radius 2 is 1.58 bits per heavy atom. The van der Waals surface area contributed by atoms with Crippen molar-refractivity contribution in [1.29, 1.82) is 0 Å². The van der Waals surface area contributed by atoms with Gasteiger partial charge in [0.15, 0.2) is 0 Å². The van der Waals surface area contributed by atoms with E-state index in [-0.39, 0.29) is 13.0 Å². The minimum atomic E-state index is -1.57. The van der Waals surface area contributed by atoms with Crippen LogP contribution in [0.4, 0.5) is 0 Å². The molecule has 0 aromatic rings. The van der Waals surface area contributed by atoms with Gasteiger partial charge < -0.3 is 36.6 Å². The van der Waals surface area contributed by atoms with Crippen LogP contribution in [0.2, 0.25) is 0 Å². The number of nitrogens with one attached hydrogen (secondary N) is 2. The van der Waals surface area contributed by atoms with Crippen LogP contribution in [0, 0.1) is 5.92 Å². The molecule has 4 atom stereocenters. The van der Waals surface area contributed by atoms with Gasteiger partial charge in [0.1, 0.15) is 18.1 Å². The van der Waals surface area contributed by atoms with Crippen molar-refractivity contribution in [2.45, 2.75) is 63.7 Å². The molecule has 4 unspecified atom stereocenters. The van der Waals surface area contributed by atoms with Crippen molar-refractivity contribution in [1.82, 2.24) is 15.5 Å². The standard InChI is InChI=1S/C18H28N4O9/c1-8(2)14(18(30)31)21-15(27)10(7-13(25)26)20-16(28)11-4-3-5-22(11)17(29)9(19)6-12(23)24/h8-11,14H,3-7,19H2,1-2H3,(H,20,28)(H,21,27)(H,23,24)(H,25,26)(H,30,31). The molecule has 1 heterocycles. The minimum absolute atomic E-state index is 0.147. The molecule has 3 amide bonds. The van der Waals surface area contributed by atoms with Crippen molar-refractivity contribution >= 4 is 35.6 Å². The number of carboxylic acids is 3. The highest BCUT2D eigenvalue weighted by molar-refractivity contribution is 5.96. The number of nitrogens with zero attached hydrogens (tertiary/aromatic N) is 1. The van der Waals surface area contributed by atoms with Crippen LogP contribution < -0.4 is 16.4 Å². The molecule has 1 aliphatic rings. The van der Waals surface area contributed by atoms with Crippen LogP contribution in [0.5, 0.6) is 0 Å². The monoisotopic (exact) mass is 444 g/mol. The van der Waals surface area contributed by atoms with E-state index in [0.717, 1.165) is 4.90 Å². The van der Waals surface area contributed by atoms with Crippen LogP contribution in [0.25, 0.3) is 0 Å². The average Bonchev–Trinajstić information content (AvgIpc) is 3.12. The quantitative estimate of drug-likeness (QED) is 0.205. The van der Waals surface area contributed by atoms with Gasteiger partial charge in [0.25, 0.3) is 0 Å². The van der Waals surface area contributed by atoms with Gasteiger partial charge in [-0.05, 0) is 18.8 Å². The van der Waals surface area contributed by atoms with E-state index in [1.54, 1.807) is 13.8 Å². The fraction of sp³-hybridized carbons (Fsp3) is 0.667. The van der Waals surface area contributed by atoms with E-state index in [0.29, 0.717) is 6.42 Å². The molecule has 1 rings (SSSR count). The number of nitrogens with two attached hydrogens (primary N) is 1. The summed E-state index contributed by atoms with van der Waals surface area (Å²) in [6, 6.07) is -5.28. The molecule has 0 aliphatic carbocycles. The molecule has 0 aromatic heterocycles. The van der Waals surface area contributed by atoms with Gasteiger partial charge >= 0.3 is 17.9 Å². The largest absolute Gasteiger partial charge is 0.481 e. The molecule has 0 bridgehead atoms. The van der Waals surface area contributed by atoms with Gasteiger partial charge in [-0.15, -0.1) is 0 Å². The number of hydrogen-bond donors (Lipinski definition) is 6. The fourth-order valence-corrected chi connectivity index (χ4v) is 3.21. The first-order valence-electron chi connectivity index (χ1n) is 9.68. The Balaban J connectivity index is 2.94. The first-order valence-corrected chi connectivity index (χ1v) is 9.68. The topological polar surface area (TPSA) is 216 Å². The van der Waals surface area contributed by atoms with Gasteiger partial charge in [0.2, 0.25) is 17.7 Å². The maximum Gasteiger partial charge on any atom is 0.326 e. The molecular weight excluding hydrogens is 416 g/mol. The Kier molecular flexibility index (Phi) is 9.37. The lowest BCUT2D eigenvalue weighted by Crippen LogP contribution is -2.57. The second-order valence-electron chi connectivity index (χ2n) is 7.62. The molecule has 0 aromatic carbocycles. The van der Waals surface area contributed by atoms with Crippen molar-refractivity contribution in [3.63, 3.8) is 0 Å². The summed E-state index contributed by atoms with van der Waals surface area (Å²) in [7, 11) is 0. The van der Waals surface area contributed by atoms with Crippen LogP contribution in [-0.4, -0.2) is 86.6 Å². The first-order chi connectivity index (χ1) is 14.3. The number of aliphatic carboxylic acids is 3. The van der Waals surface area contributed by atoms with Crippen LogP contribution in [0.3, 0.4) is 0 Å². The maximum absolute atomic E-state index is 12.7. The Bertz CT molecular complexity index is 740. The number of carbonyl (C=O) groups is 6. The summed E-state index contributed by atoms with van der Waals surface area (Å²) in [5.41, 5.74) is 5.59. The van der Waals surface area contributed by atoms with Crippen LogP contribution in [-0.2, 0) is 28.8 Å². The minimum Gasteiger partial charge on any atom is -0.481 e. The summed E-state index contributed by atoms with van der Waals surface area (Å²) in [4.78, 5) is 71.9. The molecule has 7 N–H and O–H groups in total. The summed E-state index contributed by atoms with van der Waals surface area (Å²) >= 11 is 0. The lowest BCUT2D eigenvalue weighted by Gasteiger charge is -2.28. The summed E-state index contributed by atoms with van der Waals surface area (Å²) in [5.74, 6) is -7.05. The zero-order chi connectivity index (χ0) is 23.9. The predicted octanol–water partition coefficient (Wildman–Crippen LogP) is -2.04. The van der Waals surface area contributed by atoms with Gasteiger partial charge in [-0.2, -0.15) is 0 Å². The zero-order valence-electron chi connectivity index (χ0n) is 17.2. The van der Waals surface area contributed by atoms with Gasteiger partial charge in [0, 0.05) is 6.54 Å². The Hall–Kier alpha value is -3.22.